The lowest BCUT2D eigenvalue weighted by molar-refractivity contribution is -0.135. The monoisotopic (exact) mass is 393 g/mol. The van der Waals surface area contributed by atoms with Gasteiger partial charge in [0.25, 0.3) is 0 Å². The van der Waals surface area contributed by atoms with Crippen molar-refractivity contribution in [2.45, 2.75) is 77.7 Å². The minimum atomic E-state index is -0.380. The molecule has 3 N–H and O–H groups in total. The zero-order valence-electron chi connectivity index (χ0n) is 17.7. The molecule has 6 heteroatoms. The third kappa shape index (κ3) is 4.81. The Morgan fingerprint density at radius 2 is 1.46 bits per heavy atom. The third-order valence-electron chi connectivity index (χ3n) is 7.46. The highest BCUT2D eigenvalue weighted by molar-refractivity contribution is 5.80. The number of nitrogens with two attached hydrogens (primary N) is 1. The molecule has 2 aliphatic heterocycles. The van der Waals surface area contributed by atoms with E-state index in [1.54, 1.807) is 0 Å². The van der Waals surface area contributed by atoms with Gasteiger partial charge in [0.1, 0.15) is 0 Å². The number of aliphatic hydroxyl groups excluding tert-OH is 1. The molecule has 0 aromatic heterocycles. The van der Waals surface area contributed by atoms with Crippen LogP contribution in [0.1, 0.15) is 71.6 Å². The number of likely N-dealkylation sites (tertiary alicyclic amines) is 2. The van der Waals surface area contributed by atoms with Crippen LogP contribution in [-0.2, 0) is 4.79 Å². The number of aliphatic hydroxyl groups is 1. The molecule has 0 aromatic carbocycles. The van der Waals surface area contributed by atoms with Gasteiger partial charge in [-0.1, -0.05) is 13.8 Å². The van der Waals surface area contributed by atoms with Gasteiger partial charge in [-0.05, 0) is 75.5 Å². The van der Waals surface area contributed by atoms with E-state index in [1.165, 1.54) is 32.1 Å². The molecule has 28 heavy (non-hydrogen) atoms. The minimum Gasteiger partial charge on any atom is -0.393 e. The third-order valence-corrected chi connectivity index (χ3v) is 7.46. The Bertz CT molecular complexity index is 555. The average Bonchev–Trinajstić information content (AvgIpc) is 3.21. The Hall–Kier alpha value is -1.30. The fourth-order valence-corrected chi connectivity index (χ4v) is 5.86. The van der Waals surface area contributed by atoms with Crippen molar-refractivity contribution >= 4 is 11.9 Å². The summed E-state index contributed by atoms with van der Waals surface area (Å²) in [4.78, 5) is 27.3. The molecular formula is C22H39N3O3. The molecule has 2 heterocycles. The Labute approximate surface area is 169 Å². The van der Waals surface area contributed by atoms with Crippen LogP contribution in [0.15, 0.2) is 0 Å². The summed E-state index contributed by atoms with van der Waals surface area (Å²) in [5.74, 6) is 1.05. The second kappa shape index (κ2) is 9.02. The number of fused-ring (bicyclic) bond motifs is 2. The van der Waals surface area contributed by atoms with Gasteiger partial charge in [-0.15, -0.1) is 0 Å². The first-order chi connectivity index (χ1) is 13.3. The molecule has 2 bridgehead atoms. The lowest BCUT2D eigenvalue weighted by Crippen LogP contribution is -2.48. The van der Waals surface area contributed by atoms with Crippen LogP contribution in [0.4, 0.5) is 4.79 Å². The second-order valence-corrected chi connectivity index (χ2v) is 9.92. The van der Waals surface area contributed by atoms with E-state index >= 15 is 0 Å². The number of urea groups is 1. The fourth-order valence-electron chi connectivity index (χ4n) is 5.86. The molecule has 4 rings (SSSR count). The number of rotatable bonds is 1. The van der Waals surface area contributed by atoms with Gasteiger partial charge in [0.2, 0.25) is 5.91 Å². The van der Waals surface area contributed by atoms with E-state index in [4.69, 9.17) is 5.73 Å². The topological polar surface area (TPSA) is 86.9 Å². The standard InChI is InChI=1S/C12H21NO2.C10H18N2O/c1-7-3-8-4-9(10(7)14)6-12(2,5-8)11(13)15;13-10(12-8-4-5-9-12)11-6-2-1-3-7-11/h7-10,14H,3-6H2,1-2H3,(H2,13,15);1-9H2. The van der Waals surface area contributed by atoms with Gasteiger partial charge < -0.3 is 20.6 Å². The van der Waals surface area contributed by atoms with Crippen molar-refractivity contribution in [2.24, 2.45) is 28.9 Å². The normalized spacial score (nSPS) is 37.8. The van der Waals surface area contributed by atoms with Crippen LogP contribution in [0.3, 0.4) is 0 Å². The maximum absolute atomic E-state index is 11.9. The molecule has 0 aromatic rings. The SMILES string of the molecule is CC1CC2CC(CC(C)(C(N)=O)C2)C1O.O=C(N1CCCCC1)N1CCCC1. The predicted octanol–water partition coefficient (Wildman–Crippen LogP) is 2.98. The Kier molecular flexibility index (Phi) is 6.89. The molecule has 2 saturated heterocycles. The lowest BCUT2D eigenvalue weighted by Gasteiger charge is -2.48. The molecular weight excluding hydrogens is 354 g/mol. The van der Waals surface area contributed by atoms with E-state index in [9.17, 15) is 14.7 Å². The first-order valence-corrected chi connectivity index (χ1v) is 11.3. The van der Waals surface area contributed by atoms with Crippen LogP contribution >= 0.6 is 0 Å². The van der Waals surface area contributed by atoms with Crippen LogP contribution in [0.5, 0.6) is 0 Å². The van der Waals surface area contributed by atoms with E-state index in [0.717, 1.165) is 51.9 Å². The smallest absolute Gasteiger partial charge is 0.319 e. The van der Waals surface area contributed by atoms with Crippen molar-refractivity contribution in [1.82, 2.24) is 9.80 Å². The van der Waals surface area contributed by atoms with Gasteiger partial charge in [0.15, 0.2) is 0 Å². The summed E-state index contributed by atoms with van der Waals surface area (Å²) in [7, 11) is 0. The molecule has 0 radical (unpaired) electrons. The largest absolute Gasteiger partial charge is 0.393 e. The van der Waals surface area contributed by atoms with Gasteiger partial charge in [-0.2, -0.15) is 0 Å². The molecule has 3 amide bonds. The van der Waals surface area contributed by atoms with Crippen molar-refractivity contribution in [3.05, 3.63) is 0 Å². The van der Waals surface area contributed by atoms with Crippen molar-refractivity contribution in [1.29, 1.82) is 0 Å². The summed E-state index contributed by atoms with van der Waals surface area (Å²) >= 11 is 0. The van der Waals surface area contributed by atoms with Crippen LogP contribution in [0.2, 0.25) is 0 Å². The highest BCUT2D eigenvalue weighted by atomic mass is 16.3. The predicted molar refractivity (Wildman–Crippen MR) is 110 cm³/mol. The van der Waals surface area contributed by atoms with E-state index in [-0.39, 0.29) is 29.4 Å². The lowest BCUT2D eigenvalue weighted by atomic mass is 9.58. The van der Waals surface area contributed by atoms with E-state index in [1.807, 2.05) is 16.7 Å². The summed E-state index contributed by atoms with van der Waals surface area (Å²) in [5.41, 5.74) is 5.08. The van der Waals surface area contributed by atoms with Crippen molar-refractivity contribution in [3.8, 4) is 0 Å². The van der Waals surface area contributed by atoms with E-state index in [2.05, 4.69) is 6.92 Å². The zero-order valence-corrected chi connectivity index (χ0v) is 17.7. The molecule has 4 aliphatic rings. The maximum Gasteiger partial charge on any atom is 0.319 e. The number of hydrogen-bond acceptors (Lipinski definition) is 3. The Balaban J connectivity index is 0.000000162. The van der Waals surface area contributed by atoms with Gasteiger partial charge in [0, 0.05) is 31.6 Å². The molecule has 0 spiro atoms. The number of hydrogen-bond donors (Lipinski definition) is 2. The van der Waals surface area contributed by atoms with Crippen LogP contribution in [-0.4, -0.2) is 59.1 Å². The van der Waals surface area contributed by atoms with Crippen LogP contribution in [0, 0.1) is 23.2 Å². The summed E-state index contributed by atoms with van der Waals surface area (Å²) in [5, 5.41) is 10.1. The molecule has 2 aliphatic carbocycles. The molecule has 4 fully saturated rings. The quantitative estimate of drug-likeness (QED) is 0.718. The van der Waals surface area contributed by atoms with Gasteiger partial charge in [-0.3, -0.25) is 4.79 Å². The number of carbonyl (C=O) groups excluding carboxylic acids is 2. The summed E-state index contributed by atoms with van der Waals surface area (Å²) in [6, 6.07) is 0.289. The summed E-state index contributed by atoms with van der Waals surface area (Å²) in [6.07, 6.45) is 9.64. The maximum atomic E-state index is 11.9. The second-order valence-electron chi connectivity index (χ2n) is 9.92. The fraction of sp³-hybridized carbons (Fsp3) is 0.909. The Morgan fingerprint density at radius 1 is 0.929 bits per heavy atom. The first kappa shape index (κ1) is 21.4. The van der Waals surface area contributed by atoms with Crippen molar-refractivity contribution < 1.29 is 14.7 Å². The van der Waals surface area contributed by atoms with E-state index < -0.39 is 0 Å². The van der Waals surface area contributed by atoms with Gasteiger partial charge in [0.05, 0.1) is 6.10 Å². The number of nitrogens with zero attached hydrogens (tertiary/aromatic N) is 2. The number of amides is 3. The van der Waals surface area contributed by atoms with Crippen molar-refractivity contribution in [2.75, 3.05) is 26.2 Å². The van der Waals surface area contributed by atoms with E-state index in [0.29, 0.717) is 11.8 Å². The molecule has 160 valence electrons. The van der Waals surface area contributed by atoms with Crippen LogP contribution < -0.4 is 5.73 Å². The molecule has 2 saturated carbocycles. The number of primary amides is 1. The summed E-state index contributed by atoms with van der Waals surface area (Å²) < 4.78 is 0. The average molecular weight is 394 g/mol. The highest BCUT2D eigenvalue weighted by Gasteiger charge is 2.47. The number of carbonyl (C=O) groups is 2. The molecule has 5 atom stereocenters. The summed E-state index contributed by atoms with van der Waals surface area (Å²) in [6.45, 7) is 7.99. The van der Waals surface area contributed by atoms with Gasteiger partial charge in [-0.25, -0.2) is 4.79 Å². The number of piperidine rings is 1. The Morgan fingerprint density at radius 3 is 2.00 bits per heavy atom. The first-order valence-electron chi connectivity index (χ1n) is 11.3. The van der Waals surface area contributed by atoms with Crippen molar-refractivity contribution in [3.63, 3.8) is 0 Å². The highest BCUT2D eigenvalue weighted by Crippen LogP contribution is 2.50. The van der Waals surface area contributed by atoms with Crippen LogP contribution in [0.25, 0.3) is 0 Å². The minimum absolute atomic E-state index is 0.195. The van der Waals surface area contributed by atoms with Gasteiger partial charge >= 0.3 is 6.03 Å². The molecule has 6 nitrogen and oxygen atoms in total. The zero-order chi connectivity index (χ0) is 20.3. The molecule has 5 unspecified atom stereocenters.